The van der Waals surface area contributed by atoms with Crippen LogP contribution in [0.25, 0.3) is 0 Å². The first-order valence-corrected chi connectivity index (χ1v) is 5.78. The highest BCUT2D eigenvalue weighted by Gasteiger charge is 2.09. The lowest BCUT2D eigenvalue weighted by molar-refractivity contribution is -0.118. The fourth-order valence-electron chi connectivity index (χ4n) is 1.53. The Kier molecular flexibility index (Phi) is 4.14. The van der Waals surface area contributed by atoms with Gasteiger partial charge in [-0.2, -0.15) is 0 Å². The number of carbonyl (C=O) groups excluding carboxylic acids is 1. The Hall–Kier alpha value is -2.63. The number of nitrogens with one attached hydrogen (secondary N) is 1. The Balaban J connectivity index is 1.96. The third-order valence-corrected chi connectivity index (χ3v) is 2.49. The van der Waals surface area contributed by atoms with Crippen LogP contribution in [0, 0.1) is 11.6 Å². The molecule has 0 heterocycles. The van der Waals surface area contributed by atoms with Crippen molar-refractivity contribution in [2.75, 3.05) is 17.7 Å². The third kappa shape index (κ3) is 3.44. The minimum atomic E-state index is -0.738. The molecule has 0 aromatic heterocycles. The third-order valence-electron chi connectivity index (χ3n) is 2.49. The number of amides is 1. The first kappa shape index (κ1) is 13.8. The summed E-state index contributed by atoms with van der Waals surface area (Å²) < 4.78 is 31.1. The molecule has 1 amide bonds. The molecule has 0 bridgehead atoms. The number of para-hydroxylation sites is 2. The Morgan fingerprint density at radius 1 is 1.20 bits per heavy atom. The lowest BCUT2D eigenvalue weighted by Gasteiger charge is -2.09. The monoisotopic (exact) mass is 278 g/mol. The van der Waals surface area contributed by atoms with Crippen molar-refractivity contribution < 1.29 is 18.3 Å². The first-order valence-electron chi connectivity index (χ1n) is 5.78. The van der Waals surface area contributed by atoms with Gasteiger partial charge in [0.25, 0.3) is 5.91 Å². The van der Waals surface area contributed by atoms with Gasteiger partial charge in [-0.1, -0.05) is 12.1 Å². The van der Waals surface area contributed by atoms with Gasteiger partial charge in [0.1, 0.15) is 5.82 Å². The zero-order valence-electron chi connectivity index (χ0n) is 10.4. The van der Waals surface area contributed by atoms with Gasteiger partial charge in [-0.3, -0.25) is 4.79 Å². The lowest BCUT2D eigenvalue weighted by atomic mass is 10.2. The molecule has 0 spiro atoms. The van der Waals surface area contributed by atoms with Crippen molar-refractivity contribution in [3.8, 4) is 5.75 Å². The number of nitrogens with two attached hydrogens (primary N) is 1. The molecule has 0 aliphatic carbocycles. The van der Waals surface area contributed by atoms with Gasteiger partial charge in [-0.25, -0.2) is 8.78 Å². The fraction of sp³-hybridized carbons (Fsp3) is 0.0714. The largest absolute Gasteiger partial charge is 0.481 e. The fourth-order valence-corrected chi connectivity index (χ4v) is 1.53. The highest BCUT2D eigenvalue weighted by atomic mass is 19.1. The molecule has 0 unspecified atom stereocenters. The maximum absolute atomic E-state index is 13.3. The quantitative estimate of drug-likeness (QED) is 0.845. The molecule has 0 aliphatic rings. The highest BCUT2D eigenvalue weighted by molar-refractivity contribution is 5.94. The van der Waals surface area contributed by atoms with E-state index in [4.69, 9.17) is 10.5 Å². The molecule has 3 N–H and O–H groups in total. The summed E-state index contributed by atoms with van der Waals surface area (Å²) >= 11 is 0. The van der Waals surface area contributed by atoms with Crippen molar-refractivity contribution in [1.29, 1.82) is 0 Å². The topological polar surface area (TPSA) is 64.3 Å². The van der Waals surface area contributed by atoms with Crippen LogP contribution < -0.4 is 15.8 Å². The molecular formula is C14H12F2N2O2. The van der Waals surface area contributed by atoms with Gasteiger partial charge < -0.3 is 15.8 Å². The van der Waals surface area contributed by atoms with Crippen LogP contribution in [-0.2, 0) is 4.79 Å². The molecule has 2 aromatic carbocycles. The van der Waals surface area contributed by atoms with Crippen LogP contribution in [0.3, 0.4) is 0 Å². The zero-order valence-corrected chi connectivity index (χ0v) is 10.4. The van der Waals surface area contributed by atoms with Gasteiger partial charge in [-0.05, 0) is 24.3 Å². The Bertz CT molecular complexity index is 632. The molecule has 104 valence electrons. The van der Waals surface area contributed by atoms with Crippen LogP contribution in [0.4, 0.5) is 20.2 Å². The molecule has 20 heavy (non-hydrogen) atoms. The van der Waals surface area contributed by atoms with E-state index in [0.717, 1.165) is 18.2 Å². The second kappa shape index (κ2) is 6.01. The van der Waals surface area contributed by atoms with Gasteiger partial charge in [0.05, 0.1) is 11.4 Å². The van der Waals surface area contributed by atoms with Crippen LogP contribution in [0.2, 0.25) is 0 Å². The lowest BCUT2D eigenvalue weighted by Crippen LogP contribution is -2.21. The number of carbonyl (C=O) groups is 1. The van der Waals surface area contributed by atoms with Gasteiger partial charge >= 0.3 is 0 Å². The number of benzene rings is 2. The maximum atomic E-state index is 13.3. The summed E-state index contributed by atoms with van der Waals surface area (Å²) in [5, 5.41) is 2.51. The Morgan fingerprint density at radius 3 is 2.70 bits per heavy atom. The molecule has 2 rings (SSSR count). The van der Waals surface area contributed by atoms with E-state index < -0.39 is 24.1 Å². The number of ether oxygens (including phenoxy) is 1. The van der Waals surface area contributed by atoms with Crippen molar-refractivity contribution in [2.24, 2.45) is 0 Å². The number of hydrogen-bond acceptors (Lipinski definition) is 3. The zero-order chi connectivity index (χ0) is 14.5. The number of nitrogen functional groups attached to an aromatic ring is 1. The van der Waals surface area contributed by atoms with E-state index in [1.807, 2.05) is 0 Å². The summed E-state index contributed by atoms with van der Waals surface area (Å²) in [6, 6.07) is 9.45. The van der Waals surface area contributed by atoms with Crippen LogP contribution in [0.15, 0.2) is 42.5 Å². The number of anilines is 2. The summed E-state index contributed by atoms with van der Waals surface area (Å²) in [5.41, 5.74) is 6.49. The van der Waals surface area contributed by atoms with E-state index in [1.165, 1.54) is 0 Å². The molecule has 4 nitrogen and oxygen atoms in total. The van der Waals surface area contributed by atoms with Gasteiger partial charge in [0.15, 0.2) is 18.2 Å². The van der Waals surface area contributed by atoms with E-state index in [9.17, 15) is 13.6 Å². The SMILES string of the molecule is Nc1ccccc1NC(=O)COc1cc(F)ccc1F. The number of rotatable bonds is 4. The maximum Gasteiger partial charge on any atom is 0.262 e. The molecule has 0 atom stereocenters. The molecule has 0 radical (unpaired) electrons. The predicted octanol–water partition coefficient (Wildman–Crippen LogP) is 2.56. The van der Waals surface area contributed by atoms with Crippen LogP contribution in [-0.4, -0.2) is 12.5 Å². The smallest absolute Gasteiger partial charge is 0.262 e. The van der Waals surface area contributed by atoms with Crippen molar-refractivity contribution in [3.05, 3.63) is 54.1 Å². The van der Waals surface area contributed by atoms with Crippen LogP contribution in [0.1, 0.15) is 0 Å². The van der Waals surface area contributed by atoms with Crippen molar-refractivity contribution >= 4 is 17.3 Å². The summed E-state index contributed by atoms with van der Waals surface area (Å²) in [6.07, 6.45) is 0. The normalized spacial score (nSPS) is 10.1. The molecule has 0 saturated heterocycles. The average molecular weight is 278 g/mol. The van der Waals surface area contributed by atoms with Crippen LogP contribution in [0.5, 0.6) is 5.75 Å². The van der Waals surface area contributed by atoms with Crippen LogP contribution >= 0.6 is 0 Å². The van der Waals surface area contributed by atoms with Crippen molar-refractivity contribution in [3.63, 3.8) is 0 Å². The molecule has 2 aromatic rings. The molecule has 0 aliphatic heterocycles. The first-order chi connectivity index (χ1) is 9.56. The average Bonchev–Trinajstić information content (AvgIpc) is 2.42. The summed E-state index contributed by atoms with van der Waals surface area (Å²) in [5.74, 6) is -2.22. The van der Waals surface area contributed by atoms with E-state index in [0.29, 0.717) is 11.4 Å². The van der Waals surface area contributed by atoms with Gasteiger partial charge in [0, 0.05) is 6.07 Å². The minimum Gasteiger partial charge on any atom is -0.481 e. The van der Waals surface area contributed by atoms with Gasteiger partial charge in [0.2, 0.25) is 0 Å². The summed E-state index contributed by atoms with van der Waals surface area (Å²) in [6.45, 7) is -0.450. The molecule has 6 heteroatoms. The summed E-state index contributed by atoms with van der Waals surface area (Å²) in [4.78, 5) is 11.6. The second-order valence-electron chi connectivity index (χ2n) is 4.00. The molecule has 0 fully saturated rings. The minimum absolute atomic E-state index is 0.318. The Labute approximate surface area is 114 Å². The van der Waals surface area contributed by atoms with E-state index >= 15 is 0 Å². The van der Waals surface area contributed by atoms with E-state index in [1.54, 1.807) is 24.3 Å². The predicted molar refractivity (Wildman–Crippen MR) is 71.3 cm³/mol. The highest BCUT2D eigenvalue weighted by Crippen LogP contribution is 2.19. The standard InChI is InChI=1S/C14H12F2N2O2/c15-9-5-6-10(16)13(7-9)20-8-14(19)18-12-4-2-1-3-11(12)17/h1-7H,8,17H2,(H,18,19). The van der Waals surface area contributed by atoms with Crippen molar-refractivity contribution in [1.82, 2.24) is 0 Å². The number of hydrogen-bond donors (Lipinski definition) is 2. The second-order valence-corrected chi connectivity index (χ2v) is 4.00. The van der Waals surface area contributed by atoms with E-state index in [2.05, 4.69) is 5.32 Å². The number of halogens is 2. The van der Waals surface area contributed by atoms with Gasteiger partial charge in [-0.15, -0.1) is 0 Å². The molecular weight excluding hydrogens is 266 g/mol. The summed E-state index contributed by atoms with van der Waals surface area (Å²) in [7, 11) is 0. The Morgan fingerprint density at radius 2 is 1.95 bits per heavy atom. The molecule has 0 saturated carbocycles. The van der Waals surface area contributed by atoms with Crippen molar-refractivity contribution in [2.45, 2.75) is 0 Å². The van der Waals surface area contributed by atoms with E-state index in [-0.39, 0.29) is 5.75 Å².